The molecule has 22 heavy (non-hydrogen) atoms. The molecule has 0 radical (unpaired) electrons. The van der Waals surface area contributed by atoms with E-state index in [0.717, 1.165) is 24.0 Å². The highest BCUT2D eigenvalue weighted by Gasteiger charge is 2.33. The fraction of sp³-hybridized carbons (Fsp3) is 0.529. The standard InChI is InChI=1S/C17H20ClNO3/c18-16-13-10-19(9-12(13)6-7-15(16)20)14(17(21)22)8-11-4-2-1-3-5-11/h6-7,9,11,14H,1-5,8,10H2,(H,21,22)/t14-/m0/s1. The van der Waals surface area contributed by atoms with E-state index in [1.54, 1.807) is 6.08 Å². The first-order valence-corrected chi connectivity index (χ1v) is 8.26. The smallest absolute Gasteiger partial charge is 0.326 e. The van der Waals surface area contributed by atoms with Gasteiger partial charge in [-0.15, -0.1) is 0 Å². The Morgan fingerprint density at radius 1 is 1.32 bits per heavy atom. The molecule has 5 heteroatoms. The summed E-state index contributed by atoms with van der Waals surface area (Å²) >= 11 is 6.07. The predicted octanol–water partition coefficient (Wildman–Crippen LogP) is 3.24. The number of fused-ring (bicyclic) bond motifs is 1. The van der Waals surface area contributed by atoms with Crippen molar-refractivity contribution < 1.29 is 14.7 Å². The van der Waals surface area contributed by atoms with E-state index in [-0.39, 0.29) is 10.8 Å². The van der Waals surface area contributed by atoms with E-state index >= 15 is 0 Å². The average molecular weight is 322 g/mol. The minimum atomic E-state index is -0.798. The molecule has 0 spiro atoms. The molecule has 1 heterocycles. The van der Waals surface area contributed by atoms with Gasteiger partial charge in [0.05, 0.1) is 5.03 Å². The van der Waals surface area contributed by atoms with Gasteiger partial charge in [-0.1, -0.05) is 43.7 Å². The van der Waals surface area contributed by atoms with Gasteiger partial charge in [0.15, 0.2) is 5.78 Å². The van der Waals surface area contributed by atoms with Gasteiger partial charge in [0.1, 0.15) is 6.04 Å². The maximum atomic E-state index is 11.7. The molecule has 0 aromatic rings. The molecular formula is C17H20ClNO3. The van der Waals surface area contributed by atoms with Crippen molar-refractivity contribution in [2.45, 2.75) is 44.6 Å². The molecule has 1 atom stereocenters. The number of nitrogens with zero attached hydrogens (tertiary/aromatic N) is 1. The van der Waals surface area contributed by atoms with Crippen molar-refractivity contribution in [3.8, 4) is 0 Å². The number of carbonyl (C=O) groups excluding carboxylic acids is 1. The quantitative estimate of drug-likeness (QED) is 0.863. The van der Waals surface area contributed by atoms with Crippen LogP contribution < -0.4 is 0 Å². The zero-order chi connectivity index (χ0) is 15.7. The first kappa shape index (κ1) is 15.3. The second-order valence-corrected chi connectivity index (χ2v) is 6.72. The first-order chi connectivity index (χ1) is 10.6. The third-order valence-electron chi connectivity index (χ3n) is 4.86. The molecule has 1 N–H and O–H groups in total. The second kappa shape index (κ2) is 6.29. The van der Waals surface area contributed by atoms with Crippen LogP contribution in [-0.4, -0.2) is 34.3 Å². The Bertz CT molecular complexity index is 585. The number of ketones is 1. The molecule has 1 fully saturated rings. The normalized spacial score (nSPS) is 23.6. The fourth-order valence-corrected chi connectivity index (χ4v) is 3.85. The van der Waals surface area contributed by atoms with Crippen molar-refractivity contribution in [2.24, 2.45) is 5.92 Å². The monoisotopic (exact) mass is 321 g/mol. The topological polar surface area (TPSA) is 57.6 Å². The van der Waals surface area contributed by atoms with E-state index in [1.807, 2.05) is 11.1 Å². The average Bonchev–Trinajstić information content (AvgIpc) is 2.94. The van der Waals surface area contributed by atoms with Crippen LogP contribution in [0.4, 0.5) is 0 Å². The Hall–Kier alpha value is -1.55. The largest absolute Gasteiger partial charge is 0.480 e. The highest BCUT2D eigenvalue weighted by Crippen LogP contribution is 2.34. The summed E-state index contributed by atoms with van der Waals surface area (Å²) in [6, 6.07) is -0.540. The molecule has 0 amide bonds. The minimum Gasteiger partial charge on any atom is -0.480 e. The fourth-order valence-electron chi connectivity index (χ4n) is 3.62. The lowest BCUT2D eigenvalue weighted by molar-refractivity contribution is -0.142. The van der Waals surface area contributed by atoms with Crippen LogP contribution in [0, 0.1) is 5.92 Å². The number of carbonyl (C=O) groups is 2. The molecule has 3 aliphatic rings. The summed E-state index contributed by atoms with van der Waals surface area (Å²) in [5, 5.41) is 9.83. The highest BCUT2D eigenvalue weighted by atomic mass is 35.5. The maximum Gasteiger partial charge on any atom is 0.326 e. The van der Waals surface area contributed by atoms with Gasteiger partial charge in [-0.25, -0.2) is 4.79 Å². The number of hydrogen-bond acceptors (Lipinski definition) is 3. The van der Waals surface area contributed by atoms with E-state index in [4.69, 9.17) is 11.6 Å². The number of hydrogen-bond donors (Lipinski definition) is 1. The lowest BCUT2D eigenvalue weighted by atomic mass is 9.84. The number of aliphatic carboxylic acids is 1. The summed E-state index contributed by atoms with van der Waals surface area (Å²) in [6.45, 7) is 0.411. The van der Waals surface area contributed by atoms with Crippen LogP contribution in [0.5, 0.6) is 0 Å². The van der Waals surface area contributed by atoms with Crippen LogP contribution in [0.2, 0.25) is 0 Å². The summed E-state index contributed by atoms with van der Waals surface area (Å²) in [6.07, 6.45) is 11.6. The minimum absolute atomic E-state index is 0.199. The summed E-state index contributed by atoms with van der Waals surface area (Å²) in [7, 11) is 0. The zero-order valence-electron chi connectivity index (χ0n) is 12.4. The Balaban J connectivity index is 1.76. The third kappa shape index (κ3) is 2.98. The van der Waals surface area contributed by atoms with Crippen molar-refractivity contribution >= 4 is 23.4 Å². The molecule has 0 aromatic heterocycles. The predicted molar refractivity (Wildman–Crippen MR) is 84.4 cm³/mol. The van der Waals surface area contributed by atoms with E-state index < -0.39 is 12.0 Å². The van der Waals surface area contributed by atoms with Gasteiger partial charge in [-0.3, -0.25) is 4.79 Å². The van der Waals surface area contributed by atoms with Crippen LogP contribution in [0.3, 0.4) is 0 Å². The summed E-state index contributed by atoms with van der Waals surface area (Å²) in [4.78, 5) is 25.2. The molecule has 1 aliphatic heterocycles. The first-order valence-electron chi connectivity index (χ1n) is 7.88. The summed E-state index contributed by atoms with van der Waals surface area (Å²) in [5.41, 5.74) is 1.61. The van der Waals surface area contributed by atoms with Gasteiger partial charge in [0.25, 0.3) is 0 Å². The van der Waals surface area contributed by atoms with Crippen molar-refractivity contribution in [1.29, 1.82) is 0 Å². The molecule has 0 aromatic carbocycles. The van der Waals surface area contributed by atoms with Crippen LogP contribution >= 0.6 is 11.6 Å². The lowest BCUT2D eigenvalue weighted by Crippen LogP contribution is -2.38. The van der Waals surface area contributed by atoms with Crippen LogP contribution in [0.25, 0.3) is 0 Å². The molecule has 118 valence electrons. The van der Waals surface area contributed by atoms with Crippen molar-refractivity contribution in [3.63, 3.8) is 0 Å². The number of halogens is 1. The molecular weight excluding hydrogens is 302 g/mol. The number of carboxylic acid groups (broad SMARTS) is 1. The van der Waals surface area contributed by atoms with Gasteiger partial charge in [0, 0.05) is 18.3 Å². The maximum absolute atomic E-state index is 11.7. The van der Waals surface area contributed by atoms with E-state index in [2.05, 4.69) is 0 Å². The number of rotatable bonds is 4. The van der Waals surface area contributed by atoms with Crippen molar-refractivity contribution in [1.82, 2.24) is 4.90 Å². The highest BCUT2D eigenvalue weighted by molar-refractivity contribution is 6.45. The van der Waals surface area contributed by atoms with Gasteiger partial charge < -0.3 is 10.0 Å². The number of carboxylic acids is 1. The second-order valence-electron chi connectivity index (χ2n) is 6.34. The van der Waals surface area contributed by atoms with Crippen LogP contribution in [0.1, 0.15) is 38.5 Å². The number of allylic oxidation sites excluding steroid dienone is 3. The molecule has 4 nitrogen and oxygen atoms in total. The Kier molecular flexibility index (Phi) is 4.39. The van der Waals surface area contributed by atoms with Crippen LogP contribution in [0.15, 0.2) is 34.5 Å². The van der Waals surface area contributed by atoms with Crippen molar-refractivity contribution in [3.05, 3.63) is 34.5 Å². The molecule has 3 rings (SSSR count). The van der Waals surface area contributed by atoms with E-state index in [0.29, 0.717) is 18.9 Å². The summed E-state index contributed by atoms with van der Waals surface area (Å²) < 4.78 is 0. The third-order valence-corrected chi connectivity index (χ3v) is 5.27. The van der Waals surface area contributed by atoms with E-state index in [1.165, 1.54) is 25.3 Å². The molecule has 2 aliphatic carbocycles. The van der Waals surface area contributed by atoms with E-state index in [9.17, 15) is 14.7 Å². The van der Waals surface area contributed by atoms with Crippen molar-refractivity contribution in [2.75, 3.05) is 6.54 Å². The Morgan fingerprint density at radius 2 is 2.05 bits per heavy atom. The lowest BCUT2D eigenvalue weighted by Gasteiger charge is -2.30. The van der Waals surface area contributed by atoms with Gasteiger partial charge in [-0.2, -0.15) is 0 Å². The molecule has 0 bridgehead atoms. The van der Waals surface area contributed by atoms with Gasteiger partial charge in [-0.05, 0) is 30.1 Å². The Labute approximate surface area is 135 Å². The molecule has 0 unspecified atom stereocenters. The summed E-state index contributed by atoms with van der Waals surface area (Å²) in [5.74, 6) is -0.513. The zero-order valence-corrected chi connectivity index (χ0v) is 13.2. The Morgan fingerprint density at radius 3 is 2.73 bits per heavy atom. The van der Waals surface area contributed by atoms with Gasteiger partial charge >= 0.3 is 5.97 Å². The molecule has 0 saturated heterocycles. The van der Waals surface area contributed by atoms with Gasteiger partial charge in [0.2, 0.25) is 0 Å². The van der Waals surface area contributed by atoms with Crippen LogP contribution in [-0.2, 0) is 9.59 Å². The SMILES string of the molecule is O=C1C=CC2=CN([C@@H](CC3CCCCC3)C(=O)O)CC2=C1Cl. The molecule has 1 saturated carbocycles.